The Morgan fingerprint density at radius 3 is 2.31 bits per heavy atom. The summed E-state index contributed by atoms with van der Waals surface area (Å²) >= 11 is 0. The Morgan fingerprint density at radius 1 is 1.05 bits per heavy atom. The molecule has 2 N–H and O–H groups in total. The first-order chi connectivity index (χ1) is 19.1. The van der Waals surface area contributed by atoms with Gasteiger partial charge in [0.05, 0.1) is 13.2 Å². The van der Waals surface area contributed by atoms with Gasteiger partial charge in [0.1, 0.15) is 12.4 Å². The highest BCUT2D eigenvalue weighted by molar-refractivity contribution is 5.79. The lowest BCUT2D eigenvalue weighted by Crippen LogP contribution is -2.38. The number of morpholine rings is 1. The second kappa shape index (κ2) is 21.2. The fraction of sp³-hybridized carbons (Fsp3) is 0.625. The number of pyridine rings is 1. The highest BCUT2D eigenvalue weighted by Crippen LogP contribution is 2.40. The Labute approximate surface area is 238 Å². The Balaban J connectivity index is 0.000000397. The maximum absolute atomic E-state index is 5.96. The number of nitrogens with zero attached hydrogens (tertiary/aromatic N) is 4. The van der Waals surface area contributed by atoms with Gasteiger partial charge in [0.2, 0.25) is 5.88 Å². The van der Waals surface area contributed by atoms with Crippen LogP contribution in [0.4, 0.5) is 11.5 Å². The Morgan fingerprint density at radius 2 is 1.72 bits per heavy atom. The van der Waals surface area contributed by atoms with Crippen LogP contribution in [0.1, 0.15) is 84.3 Å². The van der Waals surface area contributed by atoms with Crippen molar-refractivity contribution in [2.24, 2.45) is 4.99 Å². The van der Waals surface area contributed by atoms with Crippen molar-refractivity contribution in [3.8, 4) is 5.88 Å². The summed E-state index contributed by atoms with van der Waals surface area (Å²) in [7, 11) is 1.81. The summed E-state index contributed by atoms with van der Waals surface area (Å²) in [5.41, 5.74) is 9.76. The summed E-state index contributed by atoms with van der Waals surface area (Å²) in [6.45, 7) is 19.5. The van der Waals surface area contributed by atoms with Gasteiger partial charge < -0.3 is 20.1 Å². The molecule has 0 amide bonds. The molecule has 1 aliphatic heterocycles. The summed E-state index contributed by atoms with van der Waals surface area (Å²) in [6.07, 6.45) is 6.86. The average Bonchev–Trinajstić information content (AvgIpc) is 3.82. The van der Waals surface area contributed by atoms with Gasteiger partial charge in [-0.3, -0.25) is 9.89 Å². The number of aromatic nitrogens is 1. The van der Waals surface area contributed by atoms with Gasteiger partial charge in [-0.2, -0.15) is 4.98 Å². The van der Waals surface area contributed by atoms with Gasteiger partial charge in [-0.15, -0.1) is 0 Å². The molecule has 2 aliphatic rings. The van der Waals surface area contributed by atoms with Gasteiger partial charge in [0, 0.05) is 63.8 Å². The minimum atomic E-state index is 0.515. The number of anilines is 2. The van der Waals surface area contributed by atoms with Crippen LogP contribution >= 0.6 is 0 Å². The molecular weight excluding hydrogens is 486 g/mol. The molecule has 0 unspecified atom stereocenters. The van der Waals surface area contributed by atoms with E-state index in [-0.39, 0.29) is 0 Å². The summed E-state index contributed by atoms with van der Waals surface area (Å²) in [5, 5.41) is 0. The van der Waals surface area contributed by atoms with E-state index in [2.05, 4.69) is 57.9 Å². The van der Waals surface area contributed by atoms with Crippen LogP contribution in [-0.2, 0) is 4.74 Å². The molecular formula is C32H55N5O2. The Bertz CT molecular complexity index is 905. The molecule has 1 saturated carbocycles. The second-order valence-corrected chi connectivity index (χ2v) is 9.21. The highest BCUT2D eigenvalue weighted by atomic mass is 16.5. The van der Waals surface area contributed by atoms with E-state index in [1.807, 2.05) is 53.1 Å². The summed E-state index contributed by atoms with van der Waals surface area (Å²) in [4.78, 5) is 13.0. The van der Waals surface area contributed by atoms with Crippen molar-refractivity contribution in [1.82, 2.24) is 9.88 Å². The lowest BCUT2D eigenvalue weighted by molar-refractivity contribution is 0.0320. The summed E-state index contributed by atoms with van der Waals surface area (Å²) < 4.78 is 11.2. The van der Waals surface area contributed by atoms with E-state index in [1.54, 1.807) is 0 Å². The smallest absolute Gasteiger partial charge is 0.217 e. The van der Waals surface area contributed by atoms with E-state index >= 15 is 0 Å². The molecule has 4 rings (SSSR count). The van der Waals surface area contributed by atoms with Crippen molar-refractivity contribution in [3.63, 3.8) is 0 Å². The SMILES string of the molecule is CC.CC.CCCN(CCC)c1cc(N)nc(OCCN2CCOCC2)c1.CN=Cc1cccc(C2CC2)c1. The van der Waals surface area contributed by atoms with Gasteiger partial charge in [0.15, 0.2) is 0 Å². The average molecular weight is 542 g/mol. The van der Waals surface area contributed by atoms with E-state index in [9.17, 15) is 0 Å². The molecule has 0 atom stereocenters. The third-order valence-electron chi connectivity index (χ3n) is 6.16. The van der Waals surface area contributed by atoms with Crippen LogP contribution in [0.3, 0.4) is 0 Å². The van der Waals surface area contributed by atoms with Gasteiger partial charge in [-0.1, -0.05) is 59.7 Å². The topological polar surface area (TPSA) is 76.2 Å². The first-order valence-corrected chi connectivity index (χ1v) is 15.1. The van der Waals surface area contributed by atoms with Crippen LogP contribution in [0.2, 0.25) is 0 Å². The number of aliphatic imine (C=N–C) groups is 1. The summed E-state index contributed by atoms with van der Waals surface area (Å²) in [6, 6.07) is 12.6. The first-order valence-electron chi connectivity index (χ1n) is 15.1. The van der Waals surface area contributed by atoms with E-state index in [0.29, 0.717) is 18.3 Å². The van der Waals surface area contributed by atoms with Gasteiger partial charge in [-0.05, 0) is 48.8 Å². The van der Waals surface area contributed by atoms with Gasteiger partial charge in [0.25, 0.3) is 0 Å². The first kappa shape index (κ1) is 34.4. The van der Waals surface area contributed by atoms with Crippen molar-refractivity contribution in [3.05, 3.63) is 47.5 Å². The third-order valence-corrected chi connectivity index (χ3v) is 6.16. The normalized spacial score (nSPS) is 14.7. The summed E-state index contributed by atoms with van der Waals surface area (Å²) in [5.74, 6) is 1.97. The number of hydrogen-bond acceptors (Lipinski definition) is 7. The molecule has 0 spiro atoms. The quantitative estimate of drug-likeness (QED) is 0.320. The van der Waals surface area contributed by atoms with E-state index in [4.69, 9.17) is 15.2 Å². The third kappa shape index (κ3) is 13.8. The van der Waals surface area contributed by atoms with Crippen molar-refractivity contribution in [2.75, 3.05) is 70.2 Å². The van der Waals surface area contributed by atoms with Gasteiger partial charge in [-0.25, -0.2) is 0 Å². The number of rotatable bonds is 11. The van der Waals surface area contributed by atoms with Crippen molar-refractivity contribution >= 4 is 17.7 Å². The number of ether oxygens (including phenoxy) is 2. The predicted molar refractivity (Wildman–Crippen MR) is 169 cm³/mol. The lowest BCUT2D eigenvalue weighted by Gasteiger charge is -2.26. The monoisotopic (exact) mass is 541 g/mol. The molecule has 2 heterocycles. The minimum Gasteiger partial charge on any atom is -0.476 e. The largest absolute Gasteiger partial charge is 0.476 e. The van der Waals surface area contributed by atoms with E-state index in [1.165, 1.54) is 24.0 Å². The van der Waals surface area contributed by atoms with Crippen LogP contribution < -0.4 is 15.4 Å². The molecule has 7 nitrogen and oxygen atoms in total. The minimum absolute atomic E-state index is 0.515. The molecule has 0 bridgehead atoms. The molecule has 1 aromatic heterocycles. The number of benzene rings is 1. The number of nitrogen functional groups attached to an aromatic ring is 1. The molecule has 220 valence electrons. The zero-order chi connectivity index (χ0) is 28.9. The fourth-order valence-electron chi connectivity index (χ4n) is 4.24. The maximum atomic E-state index is 5.96. The molecule has 1 saturated heterocycles. The number of hydrogen-bond donors (Lipinski definition) is 1. The van der Waals surface area contributed by atoms with E-state index < -0.39 is 0 Å². The molecule has 2 fully saturated rings. The molecule has 1 aromatic carbocycles. The zero-order valence-electron chi connectivity index (χ0n) is 25.8. The molecule has 0 radical (unpaired) electrons. The van der Waals surface area contributed by atoms with Crippen LogP contribution in [0.25, 0.3) is 0 Å². The van der Waals surface area contributed by atoms with Crippen LogP contribution in [0, 0.1) is 0 Å². The van der Waals surface area contributed by atoms with Gasteiger partial charge >= 0.3 is 0 Å². The molecule has 39 heavy (non-hydrogen) atoms. The molecule has 7 heteroatoms. The highest BCUT2D eigenvalue weighted by Gasteiger charge is 2.23. The molecule has 1 aliphatic carbocycles. The number of nitrogens with two attached hydrogens (primary N) is 1. The maximum Gasteiger partial charge on any atom is 0.217 e. The van der Waals surface area contributed by atoms with Crippen LogP contribution in [0.5, 0.6) is 5.88 Å². The van der Waals surface area contributed by atoms with E-state index in [0.717, 1.165) is 70.4 Å². The van der Waals surface area contributed by atoms with Crippen molar-refractivity contribution in [2.45, 2.75) is 73.1 Å². The van der Waals surface area contributed by atoms with Crippen LogP contribution in [0.15, 0.2) is 41.4 Å². The Hall–Kier alpha value is -2.64. The lowest BCUT2D eigenvalue weighted by atomic mass is 10.1. The fourth-order valence-corrected chi connectivity index (χ4v) is 4.24. The second-order valence-electron chi connectivity index (χ2n) is 9.21. The Kier molecular flexibility index (Phi) is 18.7. The van der Waals surface area contributed by atoms with Crippen molar-refractivity contribution < 1.29 is 9.47 Å². The standard InChI is InChI=1S/C17H30N4O2.C11H13N.2C2H6/c1-3-5-21(6-4-2)15-13-16(18)19-17(14-15)23-12-9-20-7-10-22-11-8-20;1-12-8-9-3-2-4-11(7-9)10-5-6-10;2*1-2/h13-14H,3-12H2,1-2H3,(H2,18,19);2-4,7-8,10H,5-6H2,1H3;2*1-2H3. The van der Waals surface area contributed by atoms with Crippen LogP contribution in [-0.4, -0.2) is 75.7 Å². The van der Waals surface area contributed by atoms with Crippen molar-refractivity contribution in [1.29, 1.82) is 0 Å². The predicted octanol–water partition coefficient (Wildman–Crippen LogP) is 6.67. The molecule has 2 aromatic rings. The zero-order valence-corrected chi connectivity index (χ0v) is 25.8.